The molecule has 0 aromatic heterocycles. The molecule has 3 N–H and O–H groups in total. The Kier molecular flexibility index (Phi) is 6.12. The van der Waals surface area contributed by atoms with Crippen LogP contribution in [0.15, 0.2) is 54.6 Å². The number of aryl methyl sites for hydroxylation is 1. The maximum atomic E-state index is 14.6. The number of benzene rings is 3. The van der Waals surface area contributed by atoms with Crippen molar-refractivity contribution in [2.24, 2.45) is 5.92 Å². The van der Waals surface area contributed by atoms with E-state index in [-0.39, 0.29) is 0 Å². The number of hydrogen-bond donors (Lipinski definition) is 3. The number of halogens is 4. The van der Waals surface area contributed by atoms with Gasteiger partial charge in [0.05, 0.1) is 5.92 Å². The Labute approximate surface area is 200 Å². The number of amides is 1. The smallest absolute Gasteiger partial charge is 0.232 e. The summed E-state index contributed by atoms with van der Waals surface area (Å²) in [7, 11) is 1.70. The van der Waals surface area contributed by atoms with Gasteiger partial charge in [0.15, 0.2) is 5.06 Å². The highest BCUT2D eigenvalue weighted by atomic mass is 35.5. The van der Waals surface area contributed by atoms with Crippen molar-refractivity contribution in [2.45, 2.75) is 17.9 Å². The van der Waals surface area contributed by atoms with Gasteiger partial charge in [-0.05, 0) is 66.6 Å². The molecule has 32 heavy (non-hydrogen) atoms. The molecule has 1 fully saturated rings. The lowest BCUT2D eigenvalue weighted by Gasteiger charge is -2.11. The lowest BCUT2D eigenvalue weighted by Crippen LogP contribution is -2.18. The van der Waals surface area contributed by atoms with Gasteiger partial charge in [-0.15, -0.1) is 0 Å². The fourth-order valence-electron chi connectivity index (χ4n) is 3.97. The highest BCUT2D eigenvalue weighted by molar-refractivity contribution is 6.33. The van der Waals surface area contributed by atoms with Gasteiger partial charge in [-0.2, -0.15) is 0 Å². The number of hydrogen-bond acceptors (Lipinski definition) is 3. The van der Waals surface area contributed by atoms with Crippen molar-refractivity contribution in [1.29, 1.82) is 0 Å². The number of nitrogens with one attached hydrogen (secondary N) is 2. The topological polar surface area (TPSA) is 61.4 Å². The molecule has 166 valence electrons. The van der Waals surface area contributed by atoms with Gasteiger partial charge in [0.2, 0.25) is 5.91 Å². The molecule has 1 saturated carbocycles. The predicted molar refractivity (Wildman–Crippen MR) is 128 cm³/mol. The van der Waals surface area contributed by atoms with Crippen molar-refractivity contribution in [3.8, 4) is 11.1 Å². The lowest BCUT2D eigenvalue weighted by molar-refractivity contribution is -0.118. The summed E-state index contributed by atoms with van der Waals surface area (Å²) < 4.78 is 14.6. The zero-order valence-electron chi connectivity index (χ0n) is 17.2. The summed E-state index contributed by atoms with van der Waals surface area (Å²) in [6.45, 7) is 1.87. The fourth-order valence-corrected chi connectivity index (χ4v) is 4.90. The highest BCUT2D eigenvalue weighted by Crippen LogP contribution is 2.61. The van der Waals surface area contributed by atoms with Crippen LogP contribution in [0.4, 0.5) is 15.8 Å². The molecule has 0 saturated heterocycles. The van der Waals surface area contributed by atoms with E-state index >= 15 is 0 Å². The fraction of sp³-hybridized carbons (Fsp3) is 0.208. The van der Waals surface area contributed by atoms with E-state index in [9.17, 15) is 14.3 Å². The Morgan fingerprint density at radius 2 is 1.75 bits per heavy atom. The molecule has 1 aliphatic rings. The molecule has 0 heterocycles. The van der Waals surface area contributed by atoms with E-state index in [1.807, 2.05) is 13.0 Å². The Morgan fingerprint density at radius 1 is 1.03 bits per heavy atom. The molecule has 3 aromatic carbocycles. The standard InChI is InChI=1S/C24H20Cl3FN2O2/c1-12-7-13(9-14(25)8-12)21-22(24(21,27)32)23(31)30-16-4-6-19(26)18(10-16)17-5-3-15(29-2)11-20(17)28/h3-11,21-22,29,32H,1-2H3,(H,30,31). The molecule has 0 bridgehead atoms. The van der Waals surface area contributed by atoms with Crippen LogP contribution in [-0.2, 0) is 4.79 Å². The third-order valence-electron chi connectivity index (χ3n) is 5.58. The molecule has 4 nitrogen and oxygen atoms in total. The molecule has 1 aliphatic carbocycles. The van der Waals surface area contributed by atoms with Gasteiger partial charge in [0.1, 0.15) is 5.82 Å². The van der Waals surface area contributed by atoms with Crippen LogP contribution in [0, 0.1) is 18.7 Å². The van der Waals surface area contributed by atoms with Crippen molar-refractivity contribution >= 4 is 52.1 Å². The zero-order valence-corrected chi connectivity index (χ0v) is 19.5. The van der Waals surface area contributed by atoms with E-state index < -0.39 is 28.6 Å². The first-order chi connectivity index (χ1) is 15.1. The molecule has 0 aliphatic heterocycles. The minimum atomic E-state index is -1.72. The quantitative estimate of drug-likeness (QED) is 0.359. The van der Waals surface area contributed by atoms with Gasteiger partial charge >= 0.3 is 0 Å². The molecule has 3 atom stereocenters. The maximum absolute atomic E-state index is 14.6. The minimum absolute atomic E-state index is 0.303. The first kappa shape index (κ1) is 22.9. The van der Waals surface area contributed by atoms with Crippen LogP contribution in [0.1, 0.15) is 17.0 Å². The van der Waals surface area contributed by atoms with E-state index in [0.717, 1.165) is 5.56 Å². The minimum Gasteiger partial charge on any atom is -0.388 e. The first-order valence-corrected chi connectivity index (χ1v) is 11.0. The molecule has 1 amide bonds. The van der Waals surface area contributed by atoms with Crippen LogP contribution >= 0.6 is 34.8 Å². The summed E-state index contributed by atoms with van der Waals surface area (Å²) >= 11 is 18.7. The number of carbonyl (C=O) groups excluding carboxylic acids is 1. The van der Waals surface area contributed by atoms with Crippen molar-refractivity contribution in [2.75, 3.05) is 17.7 Å². The third-order valence-corrected chi connectivity index (χ3v) is 6.60. The van der Waals surface area contributed by atoms with Crippen molar-refractivity contribution in [3.63, 3.8) is 0 Å². The average molecular weight is 494 g/mol. The van der Waals surface area contributed by atoms with Crippen LogP contribution in [-0.4, -0.2) is 23.1 Å². The Balaban J connectivity index is 1.58. The van der Waals surface area contributed by atoms with E-state index in [1.165, 1.54) is 6.07 Å². The van der Waals surface area contributed by atoms with Crippen LogP contribution < -0.4 is 10.6 Å². The molecule has 3 aromatic rings. The summed E-state index contributed by atoms with van der Waals surface area (Å²) in [5.41, 5.74) is 3.37. The lowest BCUT2D eigenvalue weighted by atomic mass is 10.0. The van der Waals surface area contributed by atoms with Crippen LogP contribution in [0.2, 0.25) is 10.0 Å². The van der Waals surface area contributed by atoms with E-state index in [1.54, 1.807) is 49.5 Å². The number of anilines is 2. The Morgan fingerprint density at radius 3 is 2.41 bits per heavy atom. The summed E-state index contributed by atoms with van der Waals surface area (Å²) in [5.74, 6) is -2.37. The van der Waals surface area contributed by atoms with Crippen molar-refractivity contribution in [3.05, 3.63) is 81.6 Å². The Bertz CT molecular complexity index is 1200. The maximum Gasteiger partial charge on any atom is 0.232 e. The molecule has 0 spiro atoms. The molecular formula is C24H20Cl3FN2O2. The van der Waals surface area contributed by atoms with Crippen LogP contribution in [0.5, 0.6) is 0 Å². The normalized spacial score (nSPS) is 21.8. The van der Waals surface area contributed by atoms with Crippen LogP contribution in [0.3, 0.4) is 0 Å². The number of aliphatic hydroxyl groups is 1. The molecule has 8 heteroatoms. The molecule has 4 rings (SSSR count). The number of rotatable bonds is 5. The monoisotopic (exact) mass is 492 g/mol. The molecule has 0 radical (unpaired) electrons. The van der Waals surface area contributed by atoms with Gasteiger partial charge in [0.25, 0.3) is 0 Å². The SMILES string of the molecule is CNc1ccc(-c2cc(NC(=O)C3C(c4cc(C)cc(Cl)c4)C3(O)Cl)ccc2Cl)c(F)c1. The summed E-state index contributed by atoms with van der Waals surface area (Å²) in [4.78, 5) is 12.9. The van der Waals surface area contributed by atoms with E-state index in [0.29, 0.717) is 38.1 Å². The van der Waals surface area contributed by atoms with Gasteiger partial charge in [-0.25, -0.2) is 4.39 Å². The van der Waals surface area contributed by atoms with Gasteiger partial charge in [-0.3, -0.25) is 4.79 Å². The van der Waals surface area contributed by atoms with Gasteiger partial charge in [0, 0.05) is 45.5 Å². The second-order valence-electron chi connectivity index (χ2n) is 7.87. The second kappa shape index (κ2) is 8.56. The molecule has 3 unspecified atom stereocenters. The van der Waals surface area contributed by atoms with Gasteiger partial charge in [-0.1, -0.05) is 40.9 Å². The second-order valence-corrected chi connectivity index (χ2v) is 9.32. The summed E-state index contributed by atoms with van der Waals surface area (Å²) in [5, 5.41) is 15.3. The zero-order chi connectivity index (χ0) is 23.2. The molecular weight excluding hydrogens is 474 g/mol. The number of carbonyl (C=O) groups is 1. The third kappa shape index (κ3) is 4.30. The summed E-state index contributed by atoms with van der Waals surface area (Å²) in [6, 6.07) is 14.8. The van der Waals surface area contributed by atoms with Crippen molar-refractivity contribution < 1.29 is 14.3 Å². The Hall–Kier alpha value is -2.31. The van der Waals surface area contributed by atoms with E-state index in [4.69, 9.17) is 34.8 Å². The van der Waals surface area contributed by atoms with E-state index in [2.05, 4.69) is 10.6 Å². The average Bonchev–Trinajstić information content (AvgIpc) is 3.31. The van der Waals surface area contributed by atoms with Crippen LogP contribution in [0.25, 0.3) is 11.1 Å². The predicted octanol–water partition coefficient (Wildman–Crippen LogP) is 6.43. The number of alkyl halides is 1. The highest BCUT2D eigenvalue weighted by Gasteiger charge is 2.67. The van der Waals surface area contributed by atoms with Gasteiger partial charge < -0.3 is 15.7 Å². The largest absolute Gasteiger partial charge is 0.388 e. The summed E-state index contributed by atoms with van der Waals surface area (Å²) in [6.07, 6.45) is 0. The first-order valence-electron chi connectivity index (χ1n) is 9.88. The van der Waals surface area contributed by atoms with Crippen molar-refractivity contribution in [1.82, 2.24) is 0 Å².